The number of hydrogen-bond acceptors (Lipinski definition) is 6. The van der Waals surface area contributed by atoms with Gasteiger partial charge in [0.2, 0.25) is 5.89 Å². The van der Waals surface area contributed by atoms with Crippen LogP contribution in [0, 0.1) is 6.92 Å². The van der Waals surface area contributed by atoms with Gasteiger partial charge in [0.15, 0.2) is 5.82 Å². The highest BCUT2D eigenvalue weighted by Crippen LogP contribution is 2.11. The first-order valence-corrected chi connectivity index (χ1v) is 6.08. The maximum absolute atomic E-state index is 5.41. The van der Waals surface area contributed by atoms with Gasteiger partial charge >= 0.3 is 0 Å². The van der Waals surface area contributed by atoms with Gasteiger partial charge in [0.1, 0.15) is 0 Å². The molecule has 0 aliphatic rings. The predicted octanol–water partition coefficient (Wildman–Crippen LogP) is 1.32. The molecule has 0 spiro atoms. The van der Waals surface area contributed by atoms with Crippen LogP contribution in [0.3, 0.4) is 0 Å². The summed E-state index contributed by atoms with van der Waals surface area (Å²) in [6.45, 7) is 2.63. The lowest BCUT2D eigenvalue weighted by molar-refractivity contribution is 0.371. The molecule has 2 aromatic rings. The zero-order valence-corrected chi connectivity index (χ0v) is 9.96. The molecule has 0 aliphatic carbocycles. The molecule has 0 aromatic carbocycles. The first kappa shape index (κ1) is 11.2. The minimum absolute atomic E-state index is 0.635. The minimum Gasteiger partial charge on any atom is -0.339 e. The van der Waals surface area contributed by atoms with Crippen LogP contribution < -0.4 is 5.73 Å². The average Bonchev–Trinajstić information content (AvgIpc) is 2.86. The van der Waals surface area contributed by atoms with Crippen LogP contribution in [0.15, 0.2) is 9.90 Å². The van der Waals surface area contributed by atoms with Crippen LogP contribution in [0.2, 0.25) is 0 Å². The molecular weight excluding hydrogens is 224 g/mol. The molecule has 0 unspecified atom stereocenters. The Morgan fingerprint density at radius 2 is 2.31 bits per heavy atom. The van der Waals surface area contributed by atoms with Crippen molar-refractivity contribution in [3.05, 3.63) is 27.8 Å². The molecule has 2 aromatic heterocycles. The fourth-order valence-electron chi connectivity index (χ4n) is 1.37. The average molecular weight is 238 g/mol. The standard InChI is InChI=1S/C10H14N4OS/c1-7-12-8(6-16-7)5-9-13-10(15-14-9)3-2-4-11/h6H,2-5,11H2,1H3. The summed E-state index contributed by atoms with van der Waals surface area (Å²) in [5, 5.41) is 6.99. The zero-order valence-electron chi connectivity index (χ0n) is 9.14. The maximum atomic E-state index is 5.41. The number of nitrogens with two attached hydrogens (primary N) is 1. The van der Waals surface area contributed by atoms with Crippen molar-refractivity contribution in [2.24, 2.45) is 5.73 Å². The number of aromatic nitrogens is 3. The molecule has 86 valence electrons. The molecule has 6 heteroatoms. The lowest BCUT2D eigenvalue weighted by Gasteiger charge is -1.89. The third kappa shape index (κ3) is 2.86. The van der Waals surface area contributed by atoms with E-state index in [1.54, 1.807) is 11.3 Å². The number of aryl methyl sites for hydroxylation is 2. The van der Waals surface area contributed by atoms with Crippen molar-refractivity contribution >= 4 is 11.3 Å². The van der Waals surface area contributed by atoms with Crippen LogP contribution in [0.4, 0.5) is 0 Å². The third-order valence-electron chi connectivity index (χ3n) is 2.11. The van der Waals surface area contributed by atoms with E-state index in [4.69, 9.17) is 10.3 Å². The number of nitrogens with zero attached hydrogens (tertiary/aromatic N) is 3. The molecule has 2 rings (SSSR count). The summed E-state index contributed by atoms with van der Waals surface area (Å²) in [5.41, 5.74) is 6.41. The van der Waals surface area contributed by atoms with Crippen LogP contribution >= 0.6 is 11.3 Å². The maximum Gasteiger partial charge on any atom is 0.226 e. The summed E-state index contributed by atoms with van der Waals surface area (Å²) < 4.78 is 5.10. The predicted molar refractivity (Wildman–Crippen MR) is 61.3 cm³/mol. The first-order valence-electron chi connectivity index (χ1n) is 5.20. The van der Waals surface area contributed by atoms with Gasteiger partial charge in [-0.3, -0.25) is 0 Å². The van der Waals surface area contributed by atoms with Gasteiger partial charge in [-0.25, -0.2) is 4.98 Å². The summed E-state index contributed by atoms with van der Waals surface area (Å²) in [5.74, 6) is 1.35. The molecule has 0 radical (unpaired) electrons. The highest BCUT2D eigenvalue weighted by molar-refractivity contribution is 7.09. The Morgan fingerprint density at radius 1 is 1.44 bits per heavy atom. The topological polar surface area (TPSA) is 77.8 Å². The Hall–Kier alpha value is -1.27. The van der Waals surface area contributed by atoms with Gasteiger partial charge in [-0.2, -0.15) is 4.98 Å². The molecule has 0 atom stereocenters. The van der Waals surface area contributed by atoms with E-state index in [0.717, 1.165) is 23.5 Å². The Bertz CT molecular complexity index is 451. The molecule has 2 N–H and O–H groups in total. The molecule has 0 saturated carbocycles. The Kier molecular flexibility index (Phi) is 3.63. The van der Waals surface area contributed by atoms with Crippen LogP contribution in [-0.4, -0.2) is 21.7 Å². The van der Waals surface area contributed by atoms with Crippen LogP contribution in [0.25, 0.3) is 0 Å². The quantitative estimate of drug-likeness (QED) is 0.850. The summed E-state index contributed by atoms with van der Waals surface area (Å²) in [4.78, 5) is 8.64. The van der Waals surface area contributed by atoms with Gasteiger partial charge in [0, 0.05) is 11.8 Å². The van der Waals surface area contributed by atoms with Gasteiger partial charge < -0.3 is 10.3 Å². The van der Waals surface area contributed by atoms with E-state index in [0.29, 0.717) is 24.7 Å². The van der Waals surface area contributed by atoms with Gasteiger partial charge in [0.05, 0.1) is 17.1 Å². The highest BCUT2D eigenvalue weighted by atomic mass is 32.1. The molecule has 2 heterocycles. The van der Waals surface area contributed by atoms with Crippen molar-refractivity contribution in [1.29, 1.82) is 0 Å². The summed E-state index contributed by atoms with van der Waals surface area (Å²) in [6.07, 6.45) is 2.26. The second-order valence-corrected chi connectivity index (χ2v) is 4.59. The number of rotatable bonds is 5. The van der Waals surface area contributed by atoms with E-state index in [1.807, 2.05) is 12.3 Å². The van der Waals surface area contributed by atoms with Crippen LogP contribution in [-0.2, 0) is 12.8 Å². The SMILES string of the molecule is Cc1nc(Cc2noc(CCCN)n2)cs1. The fourth-order valence-corrected chi connectivity index (χ4v) is 1.98. The van der Waals surface area contributed by atoms with Crippen molar-refractivity contribution in [2.75, 3.05) is 6.54 Å². The van der Waals surface area contributed by atoms with Crippen molar-refractivity contribution in [1.82, 2.24) is 15.1 Å². The number of hydrogen-bond donors (Lipinski definition) is 1. The fraction of sp³-hybridized carbons (Fsp3) is 0.500. The number of thiazole rings is 1. The molecule has 0 aliphatic heterocycles. The molecule has 0 fully saturated rings. The van der Waals surface area contributed by atoms with Gasteiger partial charge in [-0.15, -0.1) is 11.3 Å². The third-order valence-corrected chi connectivity index (χ3v) is 2.93. The molecule has 0 amide bonds. The van der Waals surface area contributed by atoms with E-state index in [-0.39, 0.29) is 0 Å². The van der Waals surface area contributed by atoms with E-state index in [1.165, 1.54) is 0 Å². The minimum atomic E-state index is 0.635. The molecular formula is C10H14N4OS. The van der Waals surface area contributed by atoms with E-state index >= 15 is 0 Å². The van der Waals surface area contributed by atoms with Crippen molar-refractivity contribution in [2.45, 2.75) is 26.2 Å². The lowest BCUT2D eigenvalue weighted by Crippen LogP contribution is -2.00. The monoisotopic (exact) mass is 238 g/mol. The highest BCUT2D eigenvalue weighted by Gasteiger charge is 2.08. The van der Waals surface area contributed by atoms with E-state index in [9.17, 15) is 0 Å². The van der Waals surface area contributed by atoms with Crippen molar-refractivity contribution in [3.63, 3.8) is 0 Å². The van der Waals surface area contributed by atoms with Crippen LogP contribution in [0.1, 0.15) is 28.8 Å². The Morgan fingerprint density at radius 3 is 3.00 bits per heavy atom. The van der Waals surface area contributed by atoms with Gasteiger partial charge in [-0.1, -0.05) is 5.16 Å². The van der Waals surface area contributed by atoms with Gasteiger partial charge in [0.25, 0.3) is 0 Å². The Balaban J connectivity index is 1.97. The van der Waals surface area contributed by atoms with E-state index < -0.39 is 0 Å². The lowest BCUT2D eigenvalue weighted by atomic mass is 10.3. The molecule has 16 heavy (non-hydrogen) atoms. The van der Waals surface area contributed by atoms with Crippen LogP contribution in [0.5, 0.6) is 0 Å². The summed E-state index contributed by atoms with van der Waals surface area (Å²) in [7, 11) is 0. The summed E-state index contributed by atoms with van der Waals surface area (Å²) >= 11 is 1.63. The van der Waals surface area contributed by atoms with Gasteiger partial charge in [-0.05, 0) is 19.9 Å². The largest absolute Gasteiger partial charge is 0.339 e. The normalized spacial score (nSPS) is 10.9. The summed E-state index contributed by atoms with van der Waals surface area (Å²) in [6, 6.07) is 0. The van der Waals surface area contributed by atoms with E-state index in [2.05, 4.69) is 15.1 Å². The second-order valence-electron chi connectivity index (χ2n) is 3.53. The molecule has 0 saturated heterocycles. The van der Waals surface area contributed by atoms with Crippen molar-refractivity contribution in [3.8, 4) is 0 Å². The zero-order chi connectivity index (χ0) is 11.4. The first-order chi connectivity index (χ1) is 7.78. The Labute approximate surface area is 97.7 Å². The smallest absolute Gasteiger partial charge is 0.226 e. The van der Waals surface area contributed by atoms with Crippen molar-refractivity contribution < 1.29 is 4.52 Å². The molecule has 0 bridgehead atoms. The second kappa shape index (κ2) is 5.18. The molecule has 5 nitrogen and oxygen atoms in total.